The number of aromatic hydroxyl groups is 1. The molecule has 0 bridgehead atoms. The predicted molar refractivity (Wildman–Crippen MR) is 75.0 cm³/mol. The van der Waals surface area contributed by atoms with Gasteiger partial charge >= 0.3 is 0 Å². The fourth-order valence-corrected chi connectivity index (χ4v) is 2.15. The molecule has 6 heteroatoms. The molecule has 2 aromatic heterocycles. The number of furan rings is 1. The molecule has 6 nitrogen and oxygen atoms in total. The van der Waals surface area contributed by atoms with Gasteiger partial charge in [-0.1, -0.05) is 0 Å². The predicted octanol–water partition coefficient (Wildman–Crippen LogP) is 2.78. The van der Waals surface area contributed by atoms with E-state index in [1.807, 2.05) is 0 Å². The number of hydrogen-bond donors (Lipinski definition) is 1. The summed E-state index contributed by atoms with van der Waals surface area (Å²) >= 11 is 0. The smallest absolute Gasteiger partial charge is 0.204 e. The molecule has 0 amide bonds. The standard InChI is InChI=1S/C15H12O6/c1-18-12-7-11-13(14(17)15(12)19-2)8(16)6-10(21-11)9-4-3-5-20-9/h3-7,17H,1-2H3. The summed E-state index contributed by atoms with van der Waals surface area (Å²) in [5.74, 6) is 0.726. The van der Waals surface area contributed by atoms with Crippen LogP contribution in [0.2, 0.25) is 0 Å². The summed E-state index contributed by atoms with van der Waals surface area (Å²) in [6.07, 6.45) is 1.48. The molecular formula is C15H12O6. The molecule has 0 atom stereocenters. The Labute approximate surface area is 119 Å². The summed E-state index contributed by atoms with van der Waals surface area (Å²) in [5, 5.41) is 10.2. The summed E-state index contributed by atoms with van der Waals surface area (Å²) in [7, 11) is 2.81. The summed E-state index contributed by atoms with van der Waals surface area (Å²) in [6, 6.07) is 6.10. The maximum Gasteiger partial charge on any atom is 0.204 e. The van der Waals surface area contributed by atoms with E-state index in [0.717, 1.165) is 0 Å². The zero-order chi connectivity index (χ0) is 15.0. The van der Waals surface area contributed by atoms with Gasteiger partial charge in [0.05, 0.1) is 20.5 Å². The Bertz CT molecular complexity index is 845. The van der Waals surface area contributed by atoms with E-state index in [2.05, 4.69) is 0 Å². The quantitative estimate of drug-likeness (QED) is 0.798. The van der Waals surface area contributed by atoms with E-state index in [-0.39, 0.29) is 34.0 Å². The number of fused-ring (bicyclic) bond motifs is 1. The first-order chi connectivity index (χ1) is 10.2. The maximum atomic E-state index is 12.2. The molecule has 1 aromatic carbocycles. The van der Waals surface area contributed by atoms with Crippen molar-refractivity contribution in [2.75, 3.05) is 14.2 Å². The molecule has 0 fully saturated rings. The lowest BCUT2D eigenvalue weighted by Crippen LogP contribution is -2.02. The SMILES string of the molecule is COc1cc2oc(-c3ccco3)cc(=O)c2c(O)c1OC. The number of methoxy groups -OCH3 is 2. The second-order valence-corrected chi connectivity index (χ2v) is 4.29. The lowest BCUT2D eigenvalue weighted by molar-refractivity contribution is 0.334. The van der Waals surface area contributed by atoms with E-state index in [1.54, 1.807) is 12.1 Å². The average molecular weight is 288 g/mol. The van der Waals surface area contributed by atoms with Crippen molar-refractivity contribution in [1.29, 1.82) is 0 Å². The van der Waals surface area contributed by atoms with Crippen LogP contribution in [0.4, 0.5) is 0 Å². The van der Waals surface area contributed by atoms with Crippen LogP contribution in [0.3, 0.4) is 0 Å². The molecule has 0 spiro atoms. The molecule has 3 rings (SSSR count). The Morgan fingerprint density at radius 3 is 2.57 bits per heavy atom. The lowest BCUT2D eigenvalue weighted by Gasteiger charge is -2.11. The summed E-state index contributed by atoms with van der Waals surface area (Å²) < 4.78 is 21.0. The largest absolute Gasteiger partial charge is 0.504 e. The van der Waals surface area contributed by atoms with Crippen LogP contribution >= 0.6 is 0 Å². The first kappa shape index (κ1) is 13.1. The average Bonchev–Trinajstić information content (AvgIpc) is 3.00. The van der Waals surface area contributed by atoms with Gasteiger partial charge in [0.1, 0.15) is 11.0 Å². The molecule has 0 radical (unpaired) electrons. The van der Waals surface area contributed by atoms with Crippen LogP contribution < -0.4 is 14.9 Å². The first-order valence-corrected chi connectivity index (χ1v) is 6.11. The number of phenolic OH excluding ortho intramolecular Hbond substituents is 1. The number of rotatable bonds is 3. The van der Waals surface area contributed by atoms with Crippen molar-refractivity contribution in [3.05, 3.63) is 40.8 Å². The minimum absolute atomic E-state index is 0.0305. The molecule has 0 saturated heterocycles. The topological polar surface area (TPSA) is 82.0 Å². The van der Waals surface area contributed by atoms with Crippen LogP contribution in [0.15, 0.2) is 44.2 Å². The van der Waals surface area contributed by atoms with Gasteiger partial charge in [0.25, 0.3) is 0 Å². The normalized spacial score (nSPS) is 10.8. The van der Waals surface area contributed by atoms with Gasteiger partial charge in [-0.3, -0.25) is 4.79 Å². The highest BCUT2D eigenvalue weighted by molar-refractivity contribution is 5.89. The summed E-state index contributed by atoms with van der Waals surface area (Å²) in [5.41, 5.74) is -0.217. The Morgan fingerprint density at radius 2 is 1.95 bits per heavy atom. The summed E-state index contributed by atoms with van der Waals surface area (Å²) in [6.45, 7) is 0. The Hall–Kier alpha value is -2.89. The minimum Gasteiger partial charge on any atom is -0.504 e. The van der Waals surface area contributed by atoms with Crippen LogP contribution in [-0.4, -0.2) is 19.3 Å². The number of ether oxygens (including phenoxy) is 2. The van der Waals surface area contributed by atoms with Gasteiger partial charge in [-0.15, -0.1) is 0 Å². The molecule has 0 saturated carbocycles. The van der Waals surface area contributed by atoms with E-state index >= 15 is 0 Å². The van der Waals surface area contributed by atoms with Crippen molar-refractivity contribution >= 4 is 11.0 Å². The van der Waals surface area contributed by atoms with Crippen molar-refractivity contribution in [2.45, 2.75) is 0 Å². The van der Waals surface area contributed by atoms with Crippen molar-refractivity contribution in [1.82, 2.24) is 0 Å². The van der Waals surface area contributed by atoms with Crippen molar-refractivity contribution < 1.29 is 23.4 Å². The van der Waals surface area contributed by atoms with Gasteiger partial charge in [0, 0.05) is 12.1 Å². The van der Waals surface area contributed by atoms with E-state index in [0.29, 0.717) is 5.76 Å². The van der Waals surface area contributed by atoms with Crippen LogP contribution in [-0.2, 0) is 0 Å². The fraction of sp³-hybridized carbons (Fsp3) is 0.133. The Balaban J connectivity index is 2.36. The molecule has 0 unspecified atom stereocenters. The van der Waals surface area contributed by atoms with Crippen LogP contribution in [0.25, 0.3) is 22.5 Å². The maximum absolute atomic E-state index is 12.2. The molecule has 108 valence electrons. The van der Waals surface area contributed by atoms with Gasteiger partial charge in [-0.2, -0.15) is 0 Å². The third-order valence-corrected chi connectivity index (χ3v) is 3.10. The zero-order valence-electron chi connectivity index (χ0n) is 11.4. The number of phenols is 1. The lowest BCUT2D eigenvalue weighted by atomic mass is 10.1. The molecule has 0 aliphatic rings. The van der Waals surface area contributed by atoms with E-state index < -0.39 is 5.43 Å². The van der Waals surface area contributed by atoms with Gasteiger partial charge < -0.3 is 23.4 Å². The summed E-state index contributed by atoms with van der Waals surface area (Å²) in [4.78, 5) is 12.2. The first-order valence-electron chi connectivity index (χ1n) is 6.11. The monoisotopic (exact) mass is 288 g/mol. The zero-order valence-corrected chi connectivity index (χ0v) is 11.4. The molecule has 2 heterocycles. The van der Waals surface area contributed by atoms with Crippen LogP contribution in [0, 0.1) is 0 Å². The van der Waals surface area contributed by atoms with E-state index in [4.69, 9.17) is 18.3 Å². The highest BCUT2D eigenvalue weighted by Crippen LogP contribution is 2.41. The van der Waals surface area contributed by atoms with E-state index in [1.165, 1.54) is 32.6 Å². The molecule has 0 aliphatic heterocycles. The van der Waals surface area contributed by atoms with Crippen molar-refractivity contribution in [3.8, 4) is 28.8 Å². The van der Waals surface area contributed by atoms with Crippen molar-refractivity contribution in [3.63, 3.8) is 0 Å². The Morgan fingerprint density at radius 1 is 1.14 bits per heavy atom. The van der Waals surface area contributed by atoms with Crippen molar-refractivity contribution in [2.24, 2.45) is 0 Å². The second kappa shape index (κ2) is 4.90. The highest BCUT2D eigenvalue weighted by atomic mass is 16.5. The number of benzene rings is 1. The third-order valence-electron chi connectivity index (χ3n) is 3.10. The van der Waals surface area contributed by atoms with Gasteiger partial charge in [0.2, 0.25) is 5.75 Å². The van der Waals surface area contributed by atoms with Gasteiger partial charge in [-0.25, -0.2) is 0 Å². The highest BCUT2D eigenvalue weighted by Gasteiger charge is 2.19. The molecule has 21 heavy (non-hydrogen) atoms. The molecule has 3 aromatic rings. The number of hydrogen-bond acceptors (Lipinski definition) is 6. The molecule has 0 aliphatic carbocycles. The molecular weight excluding hydrogens is 276 g/mol. The van der Waals surface area contributed by atoms with Crippen LogP contribution in [0.5, 0.6) is 17.2 Å². The van der Waals surface area contributed by atoms with Crippen LogP contribution in [0.1, 0.15) is 0 Å². The third kappa shape index (κ3) is 2.01. The van der Waals surface area contributed by atoms with Gasteiger partial charge in [0.15, 0.2) is 28.4 Å². The van der Waals surface area contributed by atoms with Gasteiger partial charge in [-0.05, 0) is 12.1 Å². The Kier molecular flexibility index (Phi) is 3.06. The fourth-order valence-electron chi connectivity index (χ4n) is 2.15. The minimum atomic E-state index is -0.402. The molecule has 1 N–H and O–H groups in total. The van der Waals surface area contributed by atoms with E-state index in [9.17, 15) is 9.90 Å². The second-order valence-electron chi connectivity index (χ2n) is 4.29.